The zero-order valence-corrected chi connectivity index (χ0v) is 10.6. The van der Waals surface area contributed by atoms with E-state index in [1.54, 1.807) is 7.11 Å². The van der Waals surface area contributed by atoms with E-state index in [2.05, 4.69) is 24.3 Å². The van der Waals surface area contributed by atoms with Gasteiger partial charge in [-0.05, 0) is 43.2 Å². The molecular formula is C15H22O2. The zero-order valence-electron chi connectivity index (χ0n) is 10.6. The van der Waals surface area contributed by atoms with Crippen molar-refractivity contribution in [2.75, 3.05) is 20.3 Å². The molecule has 17 heavy (non-hydrogen) atoms. The number of ether oxygens (including phenoxy) is 1. The zero-order chi connectivity index (χ0) is 12.1. The van der Waals surface area contributed by atoms with Crippen molar-refractivity contribution in [1.29, 1.82) is 0 Å². The van der Waals surface area contributed by atoms with Gasteiger partial charge in [0.25, 0.3) is 0 Å². The van der Waals surface area contributed by atoms with E-state index in [9.17, 15) is 5.11 Å². The summed E-state index contributed by atoms with van der Waals surface area (Å²) in [6, 6.07) is 8.58. The average molecular weight is 234 g/mol. The Balaban J connectivity index is 2.22. The van der Waals surface area contributed by atoms with Crippen LogP contribution in [0.5, 0.6) is 0 Å². The van der Waals surface area contributed by atoms with Gasteiger partial charge in [-0.2, -0.15) is 0 Å². The van der Waals surface area contributed by atoms with Crippen LogP contribution in [0, 0.1) is 0 Å². The normalized spacial score (nSPS) is 23.4. The van der Waals surface area contributed by atoms with Gasteiger partial charge in [-0.25, -0.2) is 0 Å². The summed E-state index contributed by atoms with van der Waals surface area (Å²) in [6.45, 7) is 1.04. The van der Waals surface area contributed by atoms with Crippen molar-refractivity contribution in [2.24, 2.45) is 0 Å². The summed E-state index contributed by atoms with van der Waals surface area (Å²) in [6.07, 6.45) is 5.48. The van der Waals surface area contributed by atoms with E-state index < -0.39 is 0 Å². The van der Waals surface area contributed by atoms with Crippen LogP contribution in [-0.4, -0.2) is 25.4 Å². The third-order valence-electron chi connectivity index (χ3n) is 4.00. The number of aliphatic hydroxyl groups is 1. The van der Waals surface area contributed by atoms with Crippen molar-refractivity contribution in [2.45, 2.75) is 37.5 Å². The predicted molar refractivity (Wildman–Crippen MR) is 69.3 cm³/mol. The van der Waals surface area contributed by atoms with Crippen molar-refractivity contribution in [3.8, 4) is 0 Å². The fraction of sp³-hybridized carbons (Fsp3) is 0.600. The molecular weight excluding hydrogens is 212 g/mol. The van der Waals surface area contributed by atoms with Crippen LogP contribution in [0.15, 0.2) is 24.3 Å². The van der Waals surface area contributed by atoms with E-state index in [0.29, 0.717) is 0 Å². The molecule has 2 heteroatoms. The van der Waals surface area contributed by atoms with Crippen LogP contribution < -0.4 is 0 Å². The van der Waals surface area contributed by atoms with Crippen LogP contribution in [0.25, 0.3) is 0 Å². The highest BCUT2D eigenvalue weighted by Crippen LogP contribution is 2.40. The molecule has 1 N–H and O–H groups in total. The number of aryl methyl sites for hydroxylation is 1. The second-order valence-corrected chi connectivity index (χ2v) is 5.05. The Morgan fingerprint density at radius 2 is 2.18 bits per heavy atom. The maximum Gasteiger partial charge on any atom is 0.0528 e. The Morgan fingerprint density at radius 1 is 1.35 bits per heavy atom. The van der Waals surface area contributed by atoms with E-state index in [1.165, 1.54) is 17.5 Å². The fourth-order valence-corrected chi connectivity index (χ4v) is 3.07. The van der Waals surface area contributed by atoms with E-state index in [0.717, 1.165) is 32.3 Å². The summed E-state index contributed by atoms with van der Waals surface area (Å²) < 4.78 is 5.13. The molecule has 1 aliphatic carbocycles. The smallest absolute Gasteiger partial charge is 0.0528 e. The second-order valence-electron chi connectivity index (χ2n) is 5.05. The van der Waals surface area contributed by atoms with E-state index in [4.69, 9.17) is 4.74 Å². The molecule has 0 spiro atoms. The van der Waals surface area contributed by atoms with Gasteiger partial charge in [-0.1, -0.05) is 24.3 Å². The molecule has 0 saturated heterocycles. The Labute approximate surface area is 104 Å². The third kappa shape index (κ3) is 2.53. The first-order chi connectivity index (χ1) is 8.32. The van der Waals surface area contributed by atoms with Crippen LogP contribution in [-0.2, 0) is 16.6 Å². The lowest BCUT2D eigenvalue weighted by atomic mass is 9.68. The molecule has 0 fully saturated rings. The van der Waals surface area contributed by atoms with Gasteiger partial charge in [-0.15, -0.1) is 0 Å². The van der Waals surface area contributed by atoms with Gasteiger partial charge in [0.15, 0.2) is 0 Å². The number of methoxy groups -OCH3 is 1. The molecule has 94 valence electrons. The summed E-state index contributed by atoms with van der Waals surface area (Å²) >= 11 is 0. The van der Waals surface area contributed by atoms with Gasteiger partial charge in [0.2, 0.25) is 0 Å². The van der Waals surface area contributed by atoms with Gasteiger partial charge in [0.05, 0.1) is 6.61 Å². The Bertz CT molecular complexity index is 362. The Morgan fingerprint density at radius 3 is 2.94 bits per heavy atom. The maximum atomic E-state index is 9.85. The summed E-state index contributed by atoms with van der Waals surface area (Å²) in [5.74, 6) is 0. The number of benzene rings is 1. The van der Waals surface area contributed by atoms with E-state index in [1.807, 2.05) is 0 Å². The fourth-order valence-electron chi connectivity index (χ4n) is 3.07. The first-order valence-corrected chi connectivity index (χ1v) is 6.50. The third-order valence-corrected chi connectivity index (χ3v) is 4.00. The number of aliphatic hydroxyl groups excluding tert-OH is 1. The molecule has 0 saturated carbocycles. The van der Waals surface area contributed by atoms with Gasteiger partial charge in [-0.3, -0.25) is 0 Å². The summed E-state index contributed by atoms with van der Waals surface area (Å²) in [7, 11) is 1.74. The summed E-state index contributed by atoms with van der Waals surface area (Å²) in [5.41, 5.74) is 2.77. The number of rotatable bonds is 5. The van der Waals surface area contributed by atoms with Gasteiger partial charge < -0.3 is 9.84 Å². The number of hydrogen-bond donors (Lipinski definition) is 1. The lowest BCUT2D eigenvalue weighted by molar-refractivity contribution is 0.138. The van der Waals surface area contributed by atoms with Crippen molar-refractivity contribution >= 4 is 0 Å². The molecule has 0 heterocycles. The molecule has 1 aliphatic rings. The van der Waals surface area contributed by atoms with Crippen molar-refractivity contribution < 1.29 is 9.84 Å². The molecule has 1 aromatic carbocycles. The van der Waals surface area contributed by atoms with Gasteiger partial charge in [0, 0.05) is 19.1 Å². The minimum absolute atomic E-state index is 0.0205. The molecule has 1 aromatic rings. The molecule has 0 aliphatic heterocycles. The van der Waals surface area contributed by atoms with E-state index >= 15 is 0 Å². The number of hydrogen-bond acceptors (Lipinski definition) is 2. The molecule has 0 radical (unpaired) electrons. The average Bonchev–Trinajstić information content (AvgIpc) is 2.39. The highest BCUT2D eigenvalue weighted by atomic mass is 16.5. The van der Waals surface area contributed by atoms with Crippen molar-refractivity contribution in [1.82, 2.24) is 0 Å². The highest BCUT2D eigenvalue weighted by Gasteiger charge is 2.35. The first kappa shape index (κ1) is 12.6. The van der Waals surface area contributed by atoms with E-state index in [-0.39, 0.29) is 12.0 Å². The predicted octanol–water partition coefficient (Wildman–Crippen LogP) is 2.68. The van der Waals surface area contributed by atoms with Crippen LogP contribution in [0.4, 0.5) is 0 Å². The largest absolute Gasteiger partial charge is 0.395 e. The number of fused-ring (bicyclic) bond motifs is 1. The van der Waals surface area contributed by atoms with Crippen molar-refractivity contribution in [3.63, 3.8) is 0 Å². The quantitative estimate of drug-likeness (QED) is 0.794. The lowest BCUT2D eigenvalue weighted by Crippen LogP contribution is -2.35. The minimum Gasteiger partial charge on any atom is -0.395 e. The second kappa shape index (κ2) is 5.65. The van der Waals surface area contributed by atoms with Crippen LogP contribution >= 0.6 is 0 Å². The van der Waals surface area contributed by atoms with Crippen LogP contribution in [0.1, 0.15) is 36.8 Å². The lowest BCUT2D eigenvalue weighted by Gasteiger charge is -2.38. The first-order valence-electron chi connectivity index (χ1n) is 6.50. The Hall–Kier alpha value is -0.860. The maximum absolute atomic E-state index is 9.85. The molecule has 1 unspecified atom stereocenters. The SMILES string of the molecule is COCCCC1(CO)CCCc2ccccc21. The molecule has 0 bridgehead atoms. The molecule has 0 amide bonds. The monoisotopic (exact) mass is 234 g/mol. The molecule has 1 atom stereocenters. The molecule has 0 aromatic heterocycles. The minimum atomic E-state index is -0.0205. The molecule has 2 rings (SSSR count). The van der Waals surface area contributed by atoms with Crippen molar-refractivity contribution in [3.05, 3.63) is 35.4 Å². The Kier molecular flexibility index (Phi) is 4.19. The summed E-state index contributed by atoms with van der Waals surface area (Å²) in [4.78, 5) is 0. The topological polar surface area (TPSA) is 29.5 Å². The standard InChI is InChI=1S/C15H22O2/c1-17-11-5-10-15(12-16)9-4-7-13-6-2-3-8-14(13)15/h2-3,6,8,16H,4-5,7,9-12H2,1H3. The highest BCUT2D eigenvalue weighted by molar-refractivity contribution is 5.36. The van der Waals surface area contributed by atoms with Crippen LogP contribution in [0.2, 0.25) is 0 Å². The van der Waals surface area contributed by atoms with Crippen LogP contribution in [0.3, 0.4) is 0 Å². The molecule has 2 nitrogen and oxygen atoms in total. The van der Waals surface area contributed by atoms with Gasteiger partial charge >= 0.3 is 0 Å². The summed E-state index contributed by atoms with van der Waals surface area (Å²) in [5, 5.41) is 9.85. The van der Waals surface area contributed by atoms with Gasteiger partial charge in [0.1, 0.15) is 0 Å².